The quantitative estimate of drug-likeness (QED) is 0.128. The van der Waals surface area contributed by atoms with Gasteiger partial charge in [0.05, 0.1) is 8.07 Å². The van der Waals surface area contributed by atoms with Gasteiger partial charge in [-0.2, -0.15) is 11.3 Å². The number of aromatic nitrogens is 2. The molecule has 2 nitrogen and oxygen atoms in total. The fraction of sp³-hybridized carbons (Fsp3) is 0.171. The van der Waals surface area contributed by atoms with E-state index in [9.17, 15) is 4.39 Å². The average molecular weight is 833 g/mol. The second-order valence-corrected chi connectivity index (χ2v) is 18.6. The van der Waals surface area contributed by atoms with E-state index in [1.807, 2.05) is 74.6 Å². The van der Waals surface area contributed by atoms with Crippen LogP contribution in [0.2, 0.25) is 19.6 Å². The van der Waals surface area contributed by atoms with Crippen molar-refractivity contribution >= 4 is 44.8 Å². The van der Waals surface area contributed by atoms with Crippen molar-refractivity contribution in [2.45, 2.75) is 46.2 Å². The van der Waals surface area contributed by atoms with E-state index >= 15 is 0 Å². The van der Waals surface area contributed by atoms with Crippen molar-refractivity contribution in [2.75, 3.05) is 0 Å². The van der Waals surface area contributed by atoms with Gasteiger partial charge in [0.25, 0.3) is 0 Å². The van der Waals surface area contributed by atoms with Gasteiger partial charge in [0.1, 0.15) is 5.82 Å². The van der Waals surface area contributed by atoms with Gasteiger partial charge in [-0.15, -0.1) is 59.7 Å². The summed E-state index contributed by atoms with van der Waals surface area (Å²) >= 11 is 1.41. The molecule has 0 saturated heterocycles. The van der Waals surface area contributed by atoms with E-state index in [4.69, 9.17) is 5.48 Å². The van der Waals surface area contributed by atoms with Gasteiger partial charge in [0.2, 0.25) is 0 Å². The van der Waals surface area contributed by atoms with Gasteiger partial charge in [-0.3, -0.25) is 0 Å². The first-order valence-electron chi connectivity index (χ1n) is 17.2. The minimum absolute atomic E-state index is 0. The molecule has 0 aliphatic rings. The van der Waals surface area contributed by atoms with Crippen molar-refractivity contribution in [3.63, 3.8) is 0 Å². The Bertz CT molecular complexity index is 2280. The van der Waals surface area contributed by atoms with Gasteiger partial charge in [0.15, 0.2) is 0 Å². The number of nitrogens with zero attached hydrogens (tertiary/aromatic N) is 2. The van der Waals surface area contributed by atoms with Crippen LogP contribution in [0, 0.1) is 24.8 Å². The number of halogens is 1. The van der Waals surface area contributed by atoms with Crippen LogP contribution in [0.3, 0.4) is 0 Å². The molecule has 0 fully saturated rings. The molecule has 3 aromatic heterocycles. The van der Waals surface area contributed by atoms with Gasteiger partial charge in [0, 0.05) is 42.7 Å². The van der Waals surface area contributed by atoms with E-state index in [0.717, 1.165) is 37.9 Å². The summed E-state index contributed by atoms with van der Waals surface area (Å²) in [5, 5.41) is 3.18. The van der Waals surface area contributed by atoms with E-state index in [1.165, 1.54) is 28.7 Å². The van der Waals surface area contributed by atoms with Gasteiger partial charge in [-0.05, 0) is 74.3 Å². The summed E-state index contributed by atoms with van der Waals surface area (Å²) in [5.74, 6) is -1.14. The normalized spacial score (nSPS) is 13.1. The molecule has 0 saturated carbocycles. The summed E-state index contributed by atoms with van der Waals surface area (Å²) in [6, 6.07) is 35.9. The van der Waals surface area contributed by atoms with E-state index < -0.39 is 20.8 Å². The summed E-state index contributed by atoms with van der Waals surface area (Å²) in [6.07, 6.45) is 3.71. The molecular weight excluding hydrogens is 792 g/mol. The predicted molar refractivity (Wildman–Crippen MR) is 197 cm³/mol. The smallest absolute Gasteiger partial charge is 0.123 e. The number of thiophene rings is 1. The molecule has 0 aliphatic carbocycles. The maximum atomic E-state index is 13.5. The first kappa shape index (κ1) is 29.3. The Kier molecular flexibility index (Phi) is 9.07. The molecule has 0 aliphatic heterocycles. The van der Waals surface area contributed by atoms with Gasteiger partial charge < -0.3 is 9.97 Å². The fourth-order valence-corrected chi connectivity index (χ4v) is 7.59. The zero-order valence-electron chi connectivity index (χ0n) is 30.9. The van der Waals surface area contributed by atoms with Crippen LogP contribution in [-0.4, -0.2) is 18.0 Å². The third-order valence-electron chi connectivity index (χ3n) is 7.96. The molecule has 0 N–H and O–H groups in total. The first-order chi connectivity index (χ1) is 23.6. The van der Waals surface area contributed by atoms with Gasteiger partial charge >= 0.3 is 0 Å². The van der Waals surface area contributed by atoms with Crippen molar-refractivity contribution < 1.29 is 30.0 Å². The van der Waals surface area contributed by atoms with E-state index in [-0.39, 0.29) is 31.5 Å². The number of fused-ring (bicyclic) bond motifs is 3. The molecule has 7 aromatic rings. The molecule has 0 spiro atoms. The topological polar surface area (TPSA) is 25.8 Å². The van der Waals surface area contributed by atoms with Crippen LogP contribution in [0.1, 0.15) is 36.4 Å². The molecule has 4 aromatic carbocycles. The van der Waals surface area contributed by atoms with Crippen LogP contribution in [0.25, 0.3) is 53.8 Å². The van der Waals surface area contributed by atoms with Crippen molar-refractivity contribution in [1.82, 2.24) is 9.97 Å². The van der Waals surface area contributed by atoms with Crippen LogP contribution < -0.4 is 5.19 Å². The molecule has 1 radical (unpaired) electrons. The third-order valence-corrected chi connectivity index (χ3v) is 11.2. The van der Waals surface area contributed by atoms with Crippen molar-refractivity contribution in [1.29, 1.82) is 0 Å². The monoisotopic (exact) mass is 833 g/mol. The molecule has 0 bridgehead atoms. The number of benzene rings is 4. The van der Waals surface area contributed by atoms with E-state index in [0.29, 0.717) is 21.5 Å². The number of pyridine rings is 2. The number of aryl methyl sites for hydroxylation is 1. The molecule has 6 heteroatoms. The molecule has 239 valence electrons. The number of rotatable bonds is 5. The largest absolute Gasteiger partial charge is 0.305 e. The fourth-order valence-electron chi connectivity index (χ4n) is 5.29. The molecule has 7 rings (SSSR count). The Balaban J connectivity index is 0.000000249. The van der Waals surface area contributed by atoms with E-state index in [2.05, 4.69) is 53.9 Å². The minimum atomic E-state index is -2.36. The second-order valence-electron chi connectivity index (χ2n) is 12.5. The molecule has 0 amide bonds. The van der Waals surface area contributed by atoms with Gasteiger partial charge in [-0.25, -0.2) is 4.39 Å². The van der Waals surface area contributed by atoms with E-state index in [1.54, 1.807) is 24.4 Å². The Morgan fingerprint density at radius 2 is 1.62 bits per heavy atom. The number of hydrogen-bond acceptors (Lipinski definition) is 3. The summed E-state index contributed by atoms with van der Waals surface area (Å²) in [5.41, 5.74) is 5.87. The zero-order chi connectivity index (χ0) is 35.8. The average Bonchev–Trinajstić information content (AvgIpc) is 3.46. The SMILES string of the molecule is C[Si](C)(C)c1ccc(-c2[c-]cccc2)nc1.[2H]C([2H])([2H])c1c(-c2ccc(F)cc2)ccc2c1sc1c(-c3cc(C([2H])(C)C)ccn3)[c-]ccc12.[Ir]. The van der Waals surface area contributed by atoms with Crippen LogP contribution in [-0.2, 0) is 20.1 Å². The molecule has 3 heterocycles. The maximum absolute atomic E-state index is 13.5. The molecular formula is C41H37FIrN2SSi-2. The maximum Gasteiger partial charge on any atom is 0.123 e. The Labute approximate surface area is 301 Å². The Morgan fingerprint density at radius 1 is 0.830 bits per heavy atom. The number of hydrogen-bond donors (Lipinski definition) is 0. The van der Waals surface area contributed by atoms with Crippen LogP contribution in [0.5, 0.6) is 0 Å². The van der Waals surface area contributed by atoms with Gasteiger partial charge in [-0.1, -0.05) is 86.9 Å². The summed E-state index contributed by atoms with van der Waals surface area (Å²) in [4.78, 5) is 9.05. The standard InChI is InChI=1S/C27H21FNS.C14H16NSi.Ir/c1-16(2)19-13-14-29-25(15-19)24-6-4-5-22-23-12-11-21(17(3)26(23)30-27(22)24)18-7-9-20(28)10-8-18;1-16(2,3)13-9-10-14(15-11-13)12-7-5-4-6-8-12;/h4-5,7-16H,1-3H3;4-7,9-11H,1-3H3;/q2*-1;/i3D3,16D;;. The summed E-state index contributed by atoms with van der Waals surface area (Å²) in [7, 11) is -1.23. The van der Waals surface area contributed by atoms with Crippen LogP contribution in [0.4, 0.5) is 4.39 Å². The van der Waals surface area contributed by atoms with Crippen molar-refractivity contribution in [2.24, 2.45) is 0 Å². The molecule has 47 heavy (non-hydrogen) atoms. The first-order valence-corrected chi connectivity index (χ1v) is 19.5. The third kappa shape index (κ3) is 7.52. The summed E-state index contributed by atoms with van der Waals surface area (Å²) < 4.78 is 48.4. The van der Waals surface area contributed by atoms with Crippen molar-refractivity contribution in [3.8, 4) is 33.6 Å². The Morgan fingerprint density at radius 3 is 2.28 bits per heavy atom. The molecule has 0 unspecified atom stereocenters. The van der Waals surface area contributed by atoms with Crippen LogP contribution >= 0.6 is 11.3 Å². The van der Waals surface area contributed by atoms with Crippen LogP contribution in [0.15, 0.2) is 109 Å². The zero-order valence-corrected chi connectivity index (χ0v) is 31.1. The van der Waals surface area contributed by atoms with Crippen molar-refractivity contribution in [3.05, 3.63) is 139 Å². The molecule has 0 atom stereocenters. The second kappa shape index (κ2) is 14.5. The summed E-state index contributed by atoms with van der Waals surface area (Å²) in [6.45, 7) is 8.29. The minimum Gasteiger partial charge on any atom is -0.305 e. The Hall–Kier alpha value is -3.80. The predicted octanol–water partition coefficient (Wildman–Crippen LogP) is 11.2.